The van der Waals surface area contributed by atoms with Gasteiger partial charge in [-0.1, -0.05) is 42.0 Å². The molecule has 104 valence electrons. The number of halogens is 1. The predicted octanol–water partition coefficient (Wildman–Crippen LogP) is 3.83. The van der Waals surface area contributed by atoms with E-state index in [4.69, 9.17) is 11.6 Å². The fourth-order valence-electron chi connectivity index (χ4n) is 3.94. The Bertz CT molecular complexity index is 578. The van der Waals surface area contributed by atoms with Gasteiger partial charge in [-0.25, -0.2) is 0 Å². The highest BCUT2D eigenvalue weighted by Gasteiger charge is 2.41. The van der Waals surface area contributed by atoms with Crippen LogP contribution in [-0.2, 0) is 0 Å². The van der Waals surface area contributed by atoms with Crippen LogP contribution in [-0.4, -0.2) is 12.6 Å². The Kier molecular flexibility index (Phi) is 3.08. The van der Waals surface area contributed by atoms with Gasteiger partial charge in [0.1, 0.15) is 0 Å². The van der Waals surface area contributed by atoms with E-state index in [1.165, 1.54) is 17.7 Å². The van der Waals surface area contributed by atoms with Crippen molar-refractivity contribution in [3.63, 3.8) is 0 Å². The summed E-state index contributed by atoms with van der Waals surface area (Å²) in [6, 6.07) is 9.72. The summed E-state index contributed by atoms with van der Waals surface area (Å²) in [6.07, 6.45) is 8.77. The number of fused-ring (bicyclic) bond motifs is 3. The Morgan fingerprint density at radius 1 is 1.20 bits per heavy atom. The summed E-state index contributed by atoms with van der Waals surface area (Å²) < 4.78 is 0. The molecule has 0 saturated carbocycles. The first-order valence-corrected chi connectivity index (χ1v) is 7.83. The standard InChI is InChI=1S/C17H19ClN2/c18-12-7-5-11(6-8-12)16-14-9-10-19-17(14)13-3-1-2-4-15(13)20-16/h1-5,7-8,11,14,16-17,19-20H,6,9-10H2/t11?,14-,16+,17+/m1/s1. The SMILES string of the molecule is ClC1=CCC([C@@H]2Nc3ccccc3[C@@H]3NCC[C@@H]32)C=C1. The molecule has 0 spiro atoms. The van der Waals surface area contributed by atoms with Gasteiger partial charge in [-0.3, -0.25) is 0 Å². The summed E-state index contributed by atoms with van der Waals surface area (Å²) in [6.45, 7) is 1.12. The van der Waals surface area contributed by atoms with E-state index < -0.39 is 0 Å². The van der Waals surface area contributed by atoms with Crippen LogP contribution in [0.4, 0.5) is 5.69 Å². The third-order valence-corrected chi connectivity index (χ3v) is 5.18. The number of allylic oxidation sites excluding steroid dienone is 3. The van der Waals surface area contributed by atoms with E-state index in [-0.39, 0.29) is 0 Å². The minimum absolute atomic E-state index is 0.502. The first-order chi connectivity index (χ1) is 9.83. The molecule has 4 atom stereocenters. The molecular weight excluding hydrogens is 268 g/mol. The fourth-order valence-corrected chi connectivity index (χ4v) is 4.10. The number of hydrogen-bond acceptors (Lipinski definition) is 2. The third-order valence-electron chi connectivity index (χ3n) is 4.90. The number of anilines is 1. The summed E-state index contributed by atoms with van der Waals surface area (Å²) >= 11 is 6.05. The number of nitrogens with one attached hydrogen (secondary N) is 2. The van der Waals surface area contributed by atoms with Crippen molar-refractivity contribution in [2.45, 2.75) is 24.9 Å². The van der Waals surface area contributed by atoms with E-state index in [2.05, 4.69) is 53.1 Å². The average Bonchev–Trinajstić information content (AvgIpc) is 2.97. The third kappa shape index (κ3) is 1.99. The van der Waals surface area contributed by atoms with Gasteiger partial charge < -0.3 is 10.6 Å². The zero-order chi connectivity index (χ0) is 13.5. The van der Waals surface area contributed by atoms with Gasteiger partial charge in [-0.15, -0.1) is 0 Å². The van der Waals surface area contributed by atoms with Gasteiger partial charge >= 0.3 is 0 Å². The van der Waals surface area contributed by atoms with Crippen molar-refractivity contribution in [1.82, 2.24) is 5.32 Å². The highest BCUT2D eigenvalue weighted by atomic mass is 35.5. The highest BCUT2D eigenvalue weighted by Crippen LogP contribution is 2.44. The molecule has 2 nitrogen and oxygen atoms in total. The maximum Gasteiger partial charge on any atom is 0.0391 e. The maximum absolute atomic E-state index is 6.05. The van der Waals surface area contributed by atoms with Crippen LogP contribution in [0.5, 0.6) is 0 Å². The van der Waals surface area contributed by atoms with Crippen LogP contribution in [0.25, 0.3) is 0 Å². The number of rotatable bonds is 1. The predicted molar refractivity (Wildman–Crippen MR) is 83.9 cm³/mol. The number of para-hydroxylation sites is 1. The van der Waals surface area contributed by atoms with Crippen molar-refractivity contribution in [3.8, 4) is 0 Å². The molecule has 2 aliphatic heterocycles. The highest BCUT2D eigenvalue weighted by molar-refractivity contribution is 6.31. The summed E-state index contributed by atoms with van der Waals surface area (Å²) in [7, 11) is 0. The van der Waals surface area contributed by atoms with Gasteiger partial charge in [0.25, 0.3) is 0 Å². The van der Waals surface area contributed by atoms with E-state index in [0.29, 0.717) is 23.9 Å². The molecule has 1 saturated heterocycles. The molecule has 20 heavy (non-hydrogen) atoms. The first-order valence-electron chi connectivity index (χ1n) is 7.45. The van der Waals surface area contributed by atoms with Crippen LogP contribution >= 0.6 is 11.6 Å². The summed E-state index contributed by atoms with van der Waals surface area (Å²) in [5.41, 5.74) is 2.72. The molecule has 1 aromatic carbocycles. The van der Waals surface area contributed by atoms with Crippen LogP contribution < -0.4 is 10.6 Å². The lowest BCUT2D eigenvalue weighted by atomic mass is 9.76. The summed E-state index contributed by atoms with van der Waals surface area (Å²) in [5.74, 6) is 1.21. The second kappa shape index (κ2) is 4.94. The van der Waals surface area contributed by atoms with E-state index in [1.54, 1.807) is 0 Å². The quantitative estimate of drug-likeness (QED) is 0.820. The molecule has 1 unspecified atom stereocenters. The minimum Gasteiger partial charge on any atom is -0.381 e. The van der Waals surface area contributed by atoms with Crippen LogP contribution in [0.2, 0.25) is 0 Å². The summed E-state index contributed by atoms with van der Waals surface area (Å²) in [4.78, 5) is 0. The van der Waals surface area contributed by atoms with Crippen molar-refractivity contribution in [2.24, 2.45) is 11.8 Å². The number of benzene rings is 1. The monoisotopic (exact) mass is 286 g/mol. The van der Waals surface area contributed by atoms with Gasteiger partial charge in [0.05, 0.1) is 0 Å². The average molecular weight is 287 g/mol. The van der Waals surface area contributed by atoms with Gasteiger partial charge in [-0.05, 0) is 37.1 Å². The van der Waals surface area contributed by atoms with Crippen molar-refractivity contribution in [3.05, 3.63) is 53.1 Å². The molecule has 0 bridgehead atoms. The van der Waals surface area contributed by atoms with Crippen molar-refractivity contribution in [2.75, 3.05) is 11.9 Å². The zero-order valence-corrected chi connectivity index (χ0v) is 12.1. The topological polar surface area (TPSA) is 24.1 Å². The van der Waals surface area contributed by atoms with Gasteiger partial charge in [-0.2, -0.15) is 0 Å². The molecule has 0 aromatic heterocycles. The molecule has 4 rings (SSSR count). The second-order valence-corrected chi connectivity index (χ2v) is 6.43. The van der Waals surface area contributed by atoms with Crippen LogP contribution in [0.15, 0.2) is 47.5 Å². The molecular formula is C17H19ClN2. The molecule has 1 aliphatic carbocycles. The summed E-state index contributed by atoms with van der Waals surface area (Å²) in [5, 5.41) is 8.35. The minimum atomic E-state index is 0.502. The van der Waals surface area contributed by atoms with Crippen LogP contribution in [0.3, 0.4) is 0 Å². The molecule has 3 heteroatoms. The molecule has 1 fully saturated rings. The normalized spacial score (nSPS) is 35.0. The lowest BCUT2D eigenvalue weighted by molar-refractivity contribution is 0.327. The Morgan fingerprint density at radius 2 is 2.10 bits per heavy atom. The lowest BCUT2D eigenvalue weighted by Crippen LogP contribution is -2.42. The zero-order valence-electron chi connectivity index (χ0n) is 11.4. The second-order valence-electron chi connectivity index (χ2n) is 5.99. The van der Waals surface area contributed by atoms with Crippen LogP contribution in [0, 0.1) is 11.8 Å². The first kappa shape index (κ1) is 12.5. The molecule has 2 heterocycles. The van der Waals surface area contributed by atoms with Crippen molar-refractivity contribution >= 4 is 17.3 Å². The van der Waals surface area contributed by atoms with Gasteiger partial charge in [0, 0.05) is 34.6 Å². The van der Waals surface area contributed by atoms with Gasteiger partial charge in [0.2, 0.25) is 0 Å². The molecule has 0 radical (unpaired) electrons. The maximum atomic E-state index is 6.05. The molecule has 0 amide bonds. The van der Waals surface area contributed by atoms with E-state index in [0.717, 1.165) is 18.0 Å². The molecule has 3 aliphatic rings. The Labute approximate surface area is 124 Å². The smallest absolute Gasteiger partial charge is 0.0391 e. The van der Waals surface area contributed by atoms with E-state index in [1.807, 2.05) is 0 Å². The fraction of sp³-hybridized carbons (Fsp3) is 0.412. The van der Waals surface area contributed by atoms with Crippen LogP contribution in [0.1, 0.15) is 24.4 Å². The van der Waals surface area contributed by atoms with Crippen molar-refractivity contribution < 1.29 is 0 Å². The Morgan fingerprint density at radius 3 is 2.95 bits per heavy atom. The molecule has 1 aromatic rings. The lowest BCUT2D eigenvalue weighted by Gasteiger charge is -2.40. The van der Waals surface area contributed by atoms with Crippen molar-refractivity contribution in [1.29, 1.82) is 0 Å². The van der Waals surface area contributed by atoms with E-state index >= 15 is 0 Å². The Hall–Kier alpha value is -1.25. The number of hydrogen-bond donors (Lipinski definition) is 2. The molecule has 2 N–H and O–H groups in total. The Balaban J connectivity index is 1.67. The largest absolute Gasteiger partial charge is 0.381 e. The van der Waals surface area contributed by atoms with E-state index in [9.17, 15) is 0 Å². The van der Waals surface area contributed by atoms with Gasteiger partial charge in [0.15, 0.2) is 0 Å².